The second-order valence-electron chi connectivity index (χ2n) is 6.23. The molecule has 2 heteroatoms. The predicted molar refractivity (Wildman–Crippen MR) is 74.3 cm³/mol. The molecule has 1 saturated carbocycles. The maximum Gasteiger partial charge on any atom is 0.00966 e. The monoisotopic (exact) mass is 238 g/mol. The largest absolute Gasteiger partial charge is 0.316 e. The van der Waals surface area contributed by atoms with Gasteiger partial charge in [0.1, 0.15) is 0 Å². The van der Waals surface area contributed by atoms with Crippen molar-refractivity contribution in [3.63, 3.8) is 0 Å². The molecule has 0 bridgehead atoms. The van der Waals surface area contributed by atoms with Crippen LogP contribution in [0.1, 0.15) is 58.8 Å². The number of nitrogens with one attached hydrogen (secondary N) is 1. The van der Waals surface area contributed by atoms with Crippen LogP contribution in [-0.4, -0.2) is 37.1 Å². The van der Waals surface area contributed by atoms with E-state index in [0.717, 1.165) is 6.04 Å². The summed E-state index contributed by atoms with van der Waals surface area (Å²) in [7, 11) is 0. The molecule has 2 aliphatic rings. The van der Waals surface area contributed by atoms with E-state index >= 15 is 0 Å². The molecule has 2 fully saturated rings. The van der Waals surface area contributed by atoms with Gasteiger partial charge in [0, 0.05) is 19.1 Å². The number of piperidine rings is 1. The van der Waals surface area contributed by atoms with Crippen LogP contribution in [0, 0.1) is 5.41 Å². The number of nitrogens with zero attached hydrogens (tertiary/aromatic N) is 1. The molecule has 1 N–H and O–H groups in total. The lowest BCUT2D eigenvalue weighted by molar-refractivity contribution is 0.101. The van der Waals surface area contributed by atoms with Crippen LogP contribution in [0.5, 0.6) is 0 Å². The molecule has 1 saturated heterocycles. The van der Waals surface area contributed by atoms with Gasteiger partial charge in [-0.15, -0.1) is 0 Å². The minimum absolute atomic E-state index is 0.588. The van der Waals surface area contributed by atoms with Crippen LogP contribution in [0.25, 0.3) is 0 Å². The molecule has 1 aliphatic carbocycles. The smallest absolute Gasteiger partial charge is 0.00966 e. The van der Waals surface area contributed by atoms with Gasteiger partial charge in [-0.05, 0) is 57.0 Å². The Kier molecular flexibility index (Phi) is 4.87. The maximum absolute atomic E-state index is 3.64. The van der Waals surface area contributed by atoms with Gasteiger partial charge in [0.15, 0.2) is 0 Å². The van der Waals surface area contributed by atoms with Crippen LogP contribution in [0.4, 0.5) is 0 Å². The van der Waals surface area contributed by atoms with E-state index in [1.807, 2.05) is 0 Å². The molecule has 1 unspecified atom stereocenters. The Bertz CT molecular complexity index is 211. The summed E-state index contributed by atoms with van der Waals surface area (Å²) in [5.74, 6) is 0. The van der Waals surface area contributed by atoms with Gasteiger partial charge in [0.05, 0.1) is 0 Å². The van der Waals surface area contributed by atoms with Gasteiger partial charge in [-0.1, -0.05) is 20.3 Å². The maximum atomic E-state index is 3.64. The highest BCUT2D eigenvalue weighted by molar-refractivity contribution is 4.93. The standard InChI is InChI=1S/C15H30N2/c1-3-8-15(9-5-10-16-12-15)13-17(11-4-2)14-6-7-14/h14,16H,3-13H2,1-2H3. The molecule has 17 heavy (non-hydrogen) atoms. The van der Waals surface area contributed by atoms with Crippen molar-refractivity contribution in [2.75, 3.05) is 26.2 Å². The quantitative estimate of drug-likeness (QED) is 0.733. The van der Waals surface area contributed by atoms with Crippen molar-refractivity contribution < 1.29 is 0 Å². The summed E-state index contributed by atoms with van der Waals surface area (Å²) in [6.45, 7) is 9.83. The molecule has 1 aliphatic heterocycles. The van der Waals surface area contributed by atoms with Gasteiger partial charge >= 0.3 is 0 Å². The zero-order valence-electron chi connectivity index (χ0n) is 11.8. The first kappa shape index (κ1) is 13.4. The second-order valence-corrected chi connectivity index (χ2v) is 6.23. The summed E-state index contributed by atoms with van der Waals surface area (Å²) >= 11 is 0. The normalized spacial score (nSPS) is 29.8. The van der Waals surface area contributed by atoms with E-state index in [1.165, 1.54) is 71.1 Å². The van der Waals surface area contributed by atoms with Gasteiger partial charge in [-0.2, -0.15) is 0 Å². The van der Waals surface area contributed by atoms with E-state index < -0.39 is 0 Å². The third kappa shape index (κ3) is 3.69. The topological polar surface area (TPSA) is 15.3 Å². The Morgan fingerprint density at radius 3 is 2.59 bits per heavy atom. The summed E-state index contributed by atoms with van der Waals surface area (Å²) in [4.78, 5) is 2.79. The molecule has 0 aromatic carbocycles. The van der Waals surface area contributed by atoms with E-state index in [1.54, 1.807) is 0 Å². The fourth-order valence-corrected chi connectivity index (χ4v) is 3.54. The van der Waals surface area contributed by atoms with Crippen LogP contribution in [-0.2, 0) is 0 Å². The van der Waals surface area contributed by atoms with E-state index in [9.17, 15) is 0 Å². The number of hydrogen-bond donors (Lipinski definition) is 1. The highest BCUT2D eigenvalue weighted by Gasteiger charge is 2.37. The van der Waals surface area contributed by atoms with Crippen LogP contribution in [0.3, 0.4) is 0 Å². The molecule has 100 valence electrons. The van der Waals surface area contributed by atoms with Gasteiger partial charge in [0.2, 0.25) is 0 Å². The molecule has 1 atom stereocenters. The van der Waals surface area contributed by atoms with Crippen LogP contribution in [0.15, 0.2) is 0 Å². The SMILES string of the molecule is CCCN(CC1(CCC)CCCNC1)C1CC1. The van der Waals surface area contributed by atoms with Crippen molar-refractivity contribution in [3.8, 4) is 0 Å². The van der Waals surface area contributed by atoms with Gasteiger partial charge in [-0.3, -0.25) is 4.90 Å². The Labute approximate surface area is 107 Å². The molecule has 0 radical (unpaired) electrons. The first-order valence-corrected chi connectivity index (χ1v) is 7.74. The molecular formula is C15H30N2. The molecule has 2 rings (SSSR count). The van der Waals surface area contributed by atoms with Crippen molar-refractivity contribution in [2.24, 2.45) is 5.41 Å². The average Bonchev–Trinajstić information content (AvgIpc) is 3.14. The van der Waals surface area contributed by atoms with E-state index in [2.05, 4.69) is 24.1 Å². The summed E-state index contributed by atoms with van der Waals surface area (Å²) in [5, 5.41) is 3.64. The average molecular weight is 238 g/mol. The Morgan fingerprint density at radius 1 is 1.24 bits per heavy atom. The number of rotatable bonds is 7. The molecule has 2 nitrogen and oxygen atoms in total. The molecule has 0 spiro atoms. The zero-order chi connectivity index (χ0) is 12.1. The van der Waals surface area contributed by atoms with E-state index in [4.69, 9.17) is 0 Å². The Balaban J connectivity index is 1.94. The molecule has 0 amide bonds. The fraction of sp³-hybridized carbons (Fsp3) is 1.00. The third-order valence-electron chi connectivity index (χ3n) is 4.45. The molecule has 0 aromatic heterocycles. The first-order chi connectivity index (χ1) is 8.29. The van der Waals surface area contributed by atoms with Crippen molar-refractivity contribution >= 4 is 0 Å². The lowest BCUT2D eigenvalue weighted by atomic mass is 9.76. The van der Waals surface area contributed by atoms with E-state index in [-0.39, 0.29) is 0 Å². The van der Waals surface area contributed by atoms with Crippen molar-refractivity contribution in [3.05, 3.63) is 0 Å². The van der Waals surface area contributed by atoms with Crippen molar-refractivity contribution in [1.82, 2.24) is 10.2 Å². The Hall–Kier alpha value is -0.0800. The highest BCUT2D eigenvalue weighted by Crippen LogP contribution is 2.36. The molecule has 0 aromatic rings. The predicted octanol–water partition coefficient (Wildman–Crippen LogP) is 3.03. The van der Waals surface area contributed by atoms with Gasteiger partial charge in [-0.25, -0.2) is 0 Å². The summed E-state index contributed by atoms with van der Waals surface area (Å²) in [5.41, 5.74) is 0.588. The van der Waals surface area contributed by atoms with Gasteiger partial charge in [0.25, 0.3) is 0 Å². The molecule has 1 heterocycles. The van der Waals surface area contributed by atoms with Crippen molar-refractivity contribution in [1.29, 1.82) is 0 Å². The minimum atomic E-state index is 0.588. The van der Waals surface area contributed by atoms with Gasteiger partial charge < -0.3 is 5.32 Å². The van der Waals surface area contributed by atoms with Crippen molar-refractivity contribution in [2.45, 2.75) is 64.8 Å². The summed E-state index contributed by atoms with van der Waals surface area (Å²) < 4.78 is 0. The second kappa shape index (κ2) is 6.19. The zero-order valence-corrected chi connectivity index (χ0v) is 11.8. The summed E-state index contributed by atoms with van der Waals surface area (Å²) in [6, 6.07) is 0.936. The summed E-state index contributed by atoms with van der Waals surface area (Å²) in [6.07, 6.45) is 9.79. The minimum Gasteiger partial charge on any atom is -0.316 e. The highest BCUT2D eigenvalue weighted by atomic mass is 15.2. The third-order valence-corrected chi connectivity index (χ3v) is 4.45. The van der Waals surface area contributed by atoms with Crippen LogP contribution >= 0.6 is 0 Å². The lowest BCUT2D eigenvalue weighted by Crippen LogP contribution is -2.48. The first-order valence-electron chi connectivity index (χ1n) is 7.74. The molecular weight excluding hydrogens is 208 g/mol. The van der Waals surface area contributed by atoms with Crippen LogP contribution < -0.4 is 5.32 Å². The van der Waals surface area contributed by atoms with E-state index in [0.29, 0.717) is 5.41 Å². The Morgan fingerprint density at radius 2 is 2.06 bits per heavy atom. The fourth-order valence-electron chi connectivity index (χ4n) is 3.54. The number of hydrogen-bond acceptors (Lipinski definition) is 2. The lowest BCUT2D eigenvalue weighted by Gasteiger charge is -2.41. The van der Waals surface area contributed by atoms with Crippen LogP contribution in [0.2, 0.25) is 0 Å².